The van der Waals surface area contributed by atoms with Gasteiger partial charge in [0.15, 0.2) is 0 Å². The molecule has 20 heavy (non-hydrogen) atoms. The van der Waals surface area contributed by atoms with Crippen LogP contribution >= 0.6 is 12.4 Å². The standard InChI is InChI=1S/C11H18F4N2O2.ClH/c1-19-7-10(2-4-16-5-3-10)6-17-9(18)11(14,15)8(12)13;/h8,16H,2-7H2,1H3,(H,17,18);1H. The summed E-state index contributed by atoms with van der Waals surface area (Å²) in [5.41, 5.74) is -0.478. The van der Waals surface area contributed by atoms with Gasteiger partial charge in [0.1, 0.15) is 0 Å². The van der Waals surface area contributed by atoms with Crippen LogP contribution in [0.4, 0.5) is 17.6 Å². The summed E-state index contributed by atoms with van der Waals surface area (Å²) in [7, 11) is 1.47. The van der Waals surface area contributed by atoms with Gasteiger partial charge in [0.25, 0.3) is 5.91 Å². The highest BCUT2D eigenvalue weighted by Crippen LogP contribution is 2.29. The average molecular weight is 323 g/mol. The SMILES string of the molecule is COCC1(CNC(=O)C(F)(F)C(F)F)CCNCC1.Cl. The maximum absolute atomic E-state index is 12.8. The van der Waals surface area contributed by atoms with Crippen LogP contribution in [0.5, 0.6) is 0 Å². The molecule has 0 unspecified atom stereocenters. The van der Waals surface area contributed by atoms with Crippen molar-refractivity contribution >= 4 is 18.3 Å². The molecule has 1 heterocycles. The Morgan fingerprint density at radius 1 is 1.40 bits per heavy atom. The third-order valence-corrected chi connectivity index (χ3v) is 3.32. The number of ether oxygens (including phenoxy) is 1. The number of hydrogen-bond acceptors (Lipinski definition) is 3. The van der Waals surface area contributed by atoms with Crippen LogP contribution in [0.3, 0.4) is 0 Å². The van der Waals surface area contributed by atoms with Crippen LogP contribution in [0.25, 0.3) is 0 Å². The van der Waals surface area contributed by atoms with Gasteiger partial charge in [0.2, 0.25) is 0 Å². The first-order valence-corrected chi connectivity index (χ1v) is 5.98. The first-order chi connectivity index (χ1) is 8.84. The summed E-state index contributed by atoms with van der Waals surface area (Å²) in [5, 5.41) is 5.02. The lowest BCUT2D eigenvalue weighted by atomic mass is 9.79. The Labute approximate surface area is 121 Å². The fraction of sp³-hybridized carbons (Fsp3) is 0.909. The highest BCUT2D eigenvalue weighted by molar-refractivity contribution is 5.85. The molecule has 4 nitrogen and oxygen atoms in total. The number of piperidine rings is 1. The molecule has 0 saturated carbocycles. The third-order valence-electron chi connectivity index (χ3n) is 3.32. The van der Waals surface area contributed by atoms with Gasteiger partial charge in [-0.15, -0.1) is 12.4 Å². The Bertz CT molecular complexity index is 307. The Hall–Kier alpha value is -0.600. The molecule has 0 spiro atoms. The molecule has 1 saturated heterocycles. The van der Waals surface area contributed by atoms with Crippen LogP contribution in [0, 0.1) is 5.41 Å². The average Bonchev–Trinajstić information content (AvgIpc) is 2.37. The molecule has 0 atom stereocenters. The number of nitrogens with one attached hydrogen (secondary N) is 2. The second-order valence-electron chi connectivity index (χ2n) is 4.79. The van der Waals surface area contributed by atoms with E-state index < -0.39 is 23.7 Å². The molecule has 1 aliphatic heterocycles. The van der Waals surface area contributed by atoms with E-state index in [0.717, 1.165) is 0 Å². The first-order valence-electron chi connectivity index (χ1n) is 5.98. The van der Waals surface area contributed by atoms with Crippen molar-refractivity contribution in [2.75, 3.05) is 33.4 Å². The van der Waals surface area contributed by atoms with Crippen LogP contribution in [0.2, 0.25) is 0 Å². The van der Waals surface area contributed by atoms with E-state index in [4.69, 9.17) is 4.74 Å². The van der Waals surface area contributed by atoms with E-state index in [2.05, 4.69) is 5.32 Å². The monoisotopic (exact) mass is 322 g/mol. The minimum atomic E-state index is -4.65. The molecule has 0 aromatic carbocycles. The van der Waals surface area contributed by atoms with Crippen molar-refractivity contribution in [3.63, 3.8) is 0 Å². The van der Waals surface area contributed by atoms with E-state index in [-0.39, 0.29) is 25.6 Å². The van der Waals surface area contributed by atoms with Gasteiger partial charge in [0.05, 0.1) is 6.61 Å². The number of carbonyl (C=O) groups is 1. The van der Waals surface area contributed by atoms with E-state index >= 15 is 0 Å². The Morgan fingerprint density at radius 3 is 2.40 bits per heavy atom. The van der Waals surface area contributed by atoms with Gasteiger partial charge in [-0.1, -0.05) is 0 Å². The van der Waals surface area contributed by atoms with Crippen LogP contribution in [0.1, 0.15) is 12.8 Å². The predicted octanol–water partition coefficient (Wildman–Crippen LogP) is 1.44. The Balaban J connectivity index is 0.00000361. The van der Waals surface area contributed by atoms with Gasteiger partial charge in [-0.3, -0.25) is 4.79 Å². The molecule has 0 aromatic heterocycles. The lowest BCUT2D eigenvalue weighted by Crippen LogP contribution is -2.52. The van der Waals surface area contributed by atoms with Crippen molar-refractivity contribution in [3.8, 4) is 0 Å². The number of amides is 1. The predicted molar refractivity (Wildman–Crippen MR) is 67.6 cm³/mol. The number of rotatable bonds is 6. The van der Waals surface area contributed by atoms with E-state index in [0.29, 0.717) is 25.9 Å². The minimum Gasteiger partial charge on any atom is -0.384 e. The van der Waals surface area contributed by atoms with Gasteiger partial charge in [-0.2, -0.15) is 8.78 Å². The number of alkyl halides is 4. The summed E-state index contributed by atoms with van der Waals surface area (Å²) in [4.78, 5) is 11.1. The topological polar surface area (TPSA) is 50.4 Å². The molecule has 2 N–H and O–H groups in total. The number of hydrogen-bond donors (Lipinski definition) is 2. The normalized spacial score (nSPS) is 18.5. The van der Waals surface area contributed by atoms with Gasteiger partial charge >= 0.3 is 12.3 Å². The Kier molecular flexibility index (Phi) is 7.75. The van der Waals surface area contributed by atoms with Crippen molar-refractivity contribution in [3.05, 3.63) is 0 Å². The maximum Gasteiger partial charge on any atom is 0.383 e. The molecule has 1 fully saturated rings. The zero-order valence-electron chi connectivity index (χ0n) is 11.1. The van der Waals surface area contributed by atoms with Crippen molar-refractivity contribution in [2.45, 2.75) is 25.2 Å². The van der Waals surface area contributed by atoms with Crippen LogP contribution in [0.15, 0.2) is 0 Å². The maximum atomic E-state index is 12.8. The molecule has 1 rings (SSSR count). The zero-order valence-corrected chi connectivity index (χ0v) is 11.9. The molecule has 0 aliphatic carbocycles. The van der Waals surface area contributed by atoms with Gasteiger partial charge in [0, 0.05) is 19.1 Å². The van der Waals surface area contributed by atoms with Crippen molar-refractivity contribution in [2.24, 2.45) is 5.41 Å². The summed E-state index contributed by atoms with van der Waals surface area (Å²) in [5.74, 6) is -6.59. The molecule has 120 valence electrons. The smallest absolute Gasteiger partial charge is 0.383 e. The third kappa shape index (κ3) is 4.75. The number of methoxy groups -OCH3 is 1. The van der Waals surface area contributed by atoms with E-state index in [1.54, 1.807) is 0 Å². The fourth-order valence-electron chi connectivity index (χ4n) is 2.12. The summed E-state index contributed by atoms with van der Waals surface area (Å²) < 4.78 is 54.7. The number of halogens is 5. The highest BCUT2D eigenvalue weighted by atomic mass is 35.5. The molecule has 1 aliphatic rings. The molecule has 0 radical (unpaired) electrons. The van der Waals surface area contributed by atoms with E-state index in [1.165, 1.54) is 7.11 Å². The summed E-state index contributed by atoms with van der Waals surface area (Å²) in [6.07, 6.45) is -2.75. The lowest BCUT2D eigenvalue weighted by Gasteiger charge is -2.37. The molecular weight excluding hydrogens is 304 g/mol. The van der Waals surface area contributed by atoms with Crippen LogP contribution < -0.4 is 10.6 Å². The molecular formula is C11H19ClF4N2O2. The zero-order chi connectivity index (χ0) is 14.5. The van der Waals surface area contributed by atoms with E-state index in [1.807, 2.05) is 5.32 Å². The molecule has 9 heteroatoms. The van der Waals surface area contributed by atoms with Crippen molar-refractivity contribution < 1.29 is 27.1 Å². The van der Waals surface area contributed by atoms with Crippen LogP contribution in [-0.4, -0.2) is 51.6 Å². The molecule has 1 amide bonds. The van der Waals surface area contributed by atoms with Gasteiger partial charge in [-0.25, -0.2) is 8.78 Å². The highest BCUT2D eigenvalue weighted by Gasteiger charge is 2.49. The first kappa shape index (κ1) is 19.4. The molecule has 0 bridgehead atoms. The Morgan fingerprint density at radius 2 is 1.95 bits per heavy atom. The van der Waals surface area contributed by atoms with Gasteiger partial charge < -0.3 is 15.4 Å². The summed E-state index contributed by atoms with van der Waals surface area (Å²) >= 11 is 0. The number of carbonyl (C=O) groups excluding carboxylic acids is 1. The fourth-order valence-corrected chi connectivity index (χ4v) is 2.12. The van der Waals surface area contributed by atoms with Gasteiger partial charge in [-0.05, 0) is 25.9 Å². The second kappa shape index (κ2) is 7.99. The van der Waals surface area contributed by atoms with Crippen molar-refractivity contribution in [1.29, 1.82) is 0 Å². The molecule has 0 aromatic rings. The lowest BCUT2D eigenvalue weighted by molar-refractivity contribution is -0.170. The quantitative estimate of drug-likeness (QED) is 0.728. The van der Waals surface area contributed by atoms with E-state index in [9.17, 15) is 22.4 Å². The summed E-state index contributed by atoms with van der Waals surface area (Å²) in [6, 6.07) is 0. The second-order valence-corrected chi connectivity index (χ2v) is 4.79. The van der Waals surface area contributed by atoms with Crippen LogP contribution in [-0.2, 0) is 9.53 Å². The minimum absolute atomic E-state index is 0. The largest absolute Gasteiger partial charge is 0.384 e. The van der Waals surface area contributed by atoms with Crippen molar-refractivity contribution in [1.82, 2.24) is 10.6 Å². The summed E-state index contributed by atoms with van der Waals surface area (Å²) in [6.45, 7) is 1.54.